The van der Waals surface area contributed by atoms with Crippen molar-refractivity contribution in [2.24, 2.45) is 0 Å². The standard InChI is InChI=1S/C16H16ClN3.C4H4O4/c1-2-10-19(15-5-8-18-9-6-15)20-11-7-13-12-14(17)3-4-16(13)20;5-3(6)1-2-4(7)8/h3-9,11-12H,2,10H2,1H3;1-2H,(H,5,6)(H,7,8). The molecule has 0 saturated carbocycles. The van der Waals surface area contributed by atoms with Crippen molar-refractivity contribution in [1.82, 2.24) is 9.66 Å². The minimum absolute atomic E-state index is 0.558. The SMILES string of the molecule is CCCN(c1ccncc1)n1ccc2cc(Cl)ccc21.O=C(O)C=CC(=O)O. The second-order valence-electron chi connectivity index (χ2n) is 5.70. The van der Waals surface area contributed by atoms with Crippen molar-refractivity contribution in [3.8, 4) is 0 Å². The number of hydrogen-bond acceptors (Lipinski definition) is 4. The Morgan fingerprint density at radius 3 is 2.32 bits per heavy atom. The number of anilines is 1. The second-order valence-corrected chi connectivity index (χ2v) is 6.14. The van der Waals surface area contributed by atoms with Crippen LogP contribution in [0.1, 0.15) is 13.3 Å². The van der Waals surface area contributed by atoms with Gasteiger partial charge >= 0.3 is 11.9 Å². The molecule has 0 amide bonds. The van der Waals surface area contributed by atoms with E-state index in [2.05, 4.69) is 39.9 Å². The molecule has 0 spiro atoms. The summed E-state index contributed by atoms with van der Waals surface area (Å²) < 4.78 is 2.17. The summed E-state index contributed by atoms with van der Waals surface area (Å²) in [5, 5.41) is 19.8. The zero-order valence-electron chi connectivity index (χ0n) is 15.2. The van der Waals surface area contributed by atoms with Crippen LogP contribution in [-0.4, -0.2) is 38.4 Å². The van der Waals surface area contributed by atoms with Crippen LogP contribution in [0.3, 0.4) is 0 Å². The number of halogens is 1. The van der Waals surface area contributed by atoms with E-state index in [9.17, 15) is 9.59 Å². The first-order valence-electron chi connectivity index (χ1n) is 8.50. The number of carboxylic acid groups (broad SMARTS) is 2. The zero-order chi connectivity index (χ0) is 20.5. The van der Waals surface area contributed by atoms with Gasteiger partial charge in [0.1, 0.15) is 0 Å². The van der Waals surface area contributed by atoms with Gasteiger partial charge in [-0.2, -0.15) is 0 Å². The Morgan fingerprint density at radius 1 is 1.11 bits per heavy atom. The van der Waals surface area contributed by atoms with Crippen molar-refractivity contribution in [3.05, 3.63) is 72.2 Å². The second kappa shape index (κ2) is 10.1. The number of pyridine rings is 1. The Kier molecular flexibility index (Phi) is 7.59. The quantitative estimate of drug-likeness (QED) is 0.604. The van der Waals surface area contributed by atoms with Crippen molar-refractivity contribution in [1.29, 1.82) is 0 Å². The average Bonchev–Trinajstić information content (AvgIpc) is 3.08. The lowest BCUT2D eigenvalue weighted by molar-refractivity contribution is -0.134. The number of fused-ring (bicyclic) bond motifs is 1. The Balaban J connectivity index is 0.000000300. The zero-order valence-corrected chi connectivity index (χ0v) is 16.0. The van der Waals surface area contributed by atoms with Gasteiger partial charge in [-0.25, -0.2) is 9.59 Å². The minimum Gasteiger partial charge on any atom is -0.478 e. The number of carboxylic acids is 2. The third kappa shape index (κ3) is 5.85. The summed E-state index contributed by atoms with van der Waals surface area (Å²) in [5.74, 6) is -2.51. The van der Waals surface area contributed by atoms with E-state index in [4.69, 9.17) is 21.8 Å². The number of aromatic nitrogens is 2. The highest BCUT2D eigenvalue weighted by Crippen LogP contribution is 2.24. The minimum atomic E-state index is -1.26. The molecule has 0 aliphatic heterocycles. The summed E-state index contributed by atoms with van der Waals surface area (Å²) in [5.41, 5.74) is 2.29. The predicted octanol–water partition coefficient (Wildman–Crippen LogP) is 4.08. The van der Waals surface area contributed by atoms with Crippen LogP contribution in [0, 0.1) is 0 Å². The molecule has 0 aliphatic rings. The lowest BCUT2D eigenvalue weighted by Crippen LogP contribution is -2.29. The van der Waals surface area contributed by atoms with E-state index in [-0.39, 0.29) is 0 Å². The van der Waals surface area contributed by atoms with Crippen molar-refractivity contribution in [2.45, 2.75) is 13.3 Å². The van der Waals surface area contributed by atoms with Crippen molar-refractivity contribution < 1.29 is 19.8 Å². The number of hydrogen-bond donors (Lipinski definition) is 2. The lowest BCUT2D eigenvalue weighted by atomic mass is 10.2. The molecule has 0 atom stereocenters. The van der Waals surface area contributed by atoms with Gasteiger partial charge in [0.15, 0.2) is 0 Å². The molecule has 3 aromatic rings. The van der Waals surface area contributed by atoms with Gasteiger partial charge in [0, 0.05) is 47.7 Å². The third-order valence-electron chi connectivity index (χ3n) is 3.66. The van der Waals surface area contributed by atoms with Crippen molar-refractivity contribution >= 4 is 40.1 Å². The van der Waals surface area contributed by atoms with Gasteiger partial charge in [-0.1, -0.05) is 18.5 Å². The number of rotatable bonds is 6. The first-order valence-corrected chi connectivity index (χ1v) is 8.88. The molecule has 2 heterocycles. The number of nitrogens with zero attached hydrogens (tertiary/aromatic N) is 3. The molecule has 0 bridgehead atoms. The molecule has 0 unspecified atom stereocenters. The molecule has 146 valence electrons. The Bertz CT molecular complexity index is 954. The van der Waals surface area contributed by atoms with E-state index in [0.29, 0.717) is 12.2 Å². The molecule has 7 nitrogen and oxygen atoms in total. The van der Waals surface area contributed by atoms with Gasteiger partial charge in [-0.05, 0) is 42.8 Å². The van der Waals surface area contributed by atoms with Crippen LogP contribution in [0.2, 0.25) is 5.02 Å². The van der Waals surface area contributed by atoms with E-state index in [0.717, 1.165) is 34.6 Å². The van der Waals surface area contributed by atoms with Crippen LogP contribution in [0.25, 0.3) is 10.9 Å². The highest BCUT2D eigenvalue weighted by atomic mass is 35.5. The fraction of sp³-hybridized carbons (Fsp3) is 0.150. The molecule has 2 aromatic heterocycles. The van der Waals surface area contributed by atoms with Gasteiger partial charge in [0.25, 0.3) is 0 Å². The summed E-state index contributed by atoms with van der Waals surface area (Å²) in [6.45, 7) is 3.12. The molecule has 0 saturated heterocycles. The predicted molar refractivity (Wildman–Crippen MR) is 109 cm³/mol. The summed E-state index contributed by atoms with van der Waals surface area (Å²) in [4.78, 5) is 23.2. The fourth-order valence-electron chi connectivity index (χ4n) is 2.54. The summed E-state index contributed by atoms with van der Waals surface area (Å²) in [6.07, 6.45) is 7.90. The van der Waals surface area contributed by atoms with E-state index >= 15 is 0 Å². The fourth-order valence-corrected chi connectivity index (χ4v) is 2.72. The van der Waals surface area contributed by atoms with Crippen LogP contribution in [0.15, 0.2) is 67.1 Å². The Hall–Kier alpha value is -3.32. The third-order valence-corrected chi connectivity index (χ3v) is 3.89. The van der Waals surface area contributed by atoms with E-state index in [1.807, 2.05) is 36.7 Å². The smallest absolute Gasteiger partial charge is 0.328 e. The molecular formula is C20H20ClN3O4. The van der Waals surface area contributed by atoms with Gasteiger partial charge in [0.2, 0.25) is 0 Å². The normalized spacial score (nSPS) is 10.5. The van der Waals surface area contributed by atoms with Crippen molar-refractivity contribution in [3.63, 3.8) is 0 Å². The van der Waals surface area contributed by atoms with Gasteiger partial charge in [0.05, 0.1) is 11.2 Å². The molecule has 28 heavy (non-hydrogen) atoms. The van der Waals surface area contributed by atoms with Crippen LogP contribution < -0.4 is 5.01 Å². The summed E-state index contributed by atoms with van der Waals surface area (Å²) in [7, 11) is 0. The maximum Gasteiger partial charge on any atom is 0.328 e. The molecule has 3 rings (SSSR count). The number of benzene rings is 1. The highest BCUT2D eigenvalue weighted by Gasteiger charge is 2.10. The van der Waals surface area contributed by atoms with Gasteiger partial charge in [-0.15, -0.1) is 0 Å². The van der Waals surface area contributed by atoms with Crippen LogP contribution in [-0.2, 0) is 9.59 Å². The first kappa shape index (κ1) is 21.0. The lowest BCUT2D eigenvalue weighted by Gasteiger charge is -2.26. The maximum atomic E-state index is 9.55. The Morgan fingerprint density at radius 2 is 1.75 bits per heavy atom. The Labute approximate surface area is 167 Å². The first-order chi connectivity index (χ1) is 13.4. The maximum absolute atomic E-state index is 9.55. The summed E-state index contributed by atoms with van der Waals surface area (Å²) in [6, 6.07) is 12.1. The number of aliphatic carboxylic acids is 2. The molecular weight excluding hydrogens is 382 g/mol. The highest BCUT2D eigenvalue weighted by molar-refractivity contribution is 6.31. The van der Waals surface area contributed by atoms with E-state index in [1.165, 1.54) is 0 Å². The largest absolute Gasteiger partial charge is 0.478 e. The average molecular weight is 402 g/mol. The molecule has 1 aromatic carbocycles. The van der Waals surface area contributed by atoms with Crippen LogP contribution >= 0.6 is 11.6 Å². The number of carbonyl (C=O) groups is 2. The molecule has 0 fully saturated rings. The van der Waals surface area contributed by atoms with Crippen LogP contribution in [0.4, 0.5) is 5.69 Å². The van der Waals surface area contributed by atoms with Gasteiger partial charge in [-0.3, -0.25) is 14.7 Å². The molecule has 8 heteroatoms. The topological polar surface area (TPSA) is 95.7 Å². The molecule has 2 N–H and O–H groups in total. The monoisotopic (exact) mass is 401 g/mol. The van der Waals surface area contributed by atoms with Gasteiger partial charge < -0.3 is 10.2 Å². The van der Waals surface area contributed by atoms with Crippen molar-refractivity contribution in [2.75, 3.05) is 11.6 Å². The van der Waals surface area contributed by atoms with Crippen LogP contribution in [0.5, 0.6) is 0 Å². The molecule has 0 aliphatic carbocycles. The summed E-state index contributed by atoms with van der Waals surface area (Å²) >= 11 is 6.05. The molecule has 0 radical (unpaired) electrons. The van der Waals surface area contributed by atoms with E-state index < -0.39 is 11.9 Å². The van der Waals surface area contributed by atoms with E-state index in [1.54, 1.807) is 0 Å².